The molecular weight excluding hydrogens is 324 g/mol. The Kier molecular flexibility index (Phi) is 5.20. The van der Waals surface area contributed by atoms with Crippen molar-refractivity contribution in [3.8, 4) is 0 Å². The van der Waals surface area contributed by atoms with Crippen LogP contribution in [0, 0.1) is 0 Å². The summed E-state index contributed by atoms with van der Waals surface area (Å²) in [6.07, 6.45) is 5.72. The van der Waals surface area contributed by atoms with E-state index in [9.17, 15) is 9.59 Å². The number of carbonyl (C=O) groups is 2. The Bertz CT molecular complexity index is 716. The third-order valence-electron chi connectivity index (χ3n) is 3.99. The normalized spacial score (nSPS) is 17.5. The van der Waals surface area contributed by atoms with Crippen LogP contribution in [0.2, 0.25) is 0 Å². The summed E-state index contributed by atoms with van der Waals surface area (Å²) in [7, 11) is 0. The van der Waals surface area contributed by atoms with Gasteiger partial charge in [0.25, 0.3) is 0 Å². The molecular formula is C17H20N4O2S. The van der Waals surface area contributed by atoms with E-state index in [1.165, 1.54) is 18.3 Å². The summed E-state index contributed by atoms with van der Waals surface area (Å²) in [5, 5.41) is 4.97. The number of Topliss-reactive ketones (excluding diaryl/α,β-unsaturated/α-hetero) is 1. The second kappa shape index (κ2) is 7.53. The lowest BCUT2D eigenvalue weighted by Gasteiger charge is -2.33. The number of ketones is 1. The highest BCUT2D eigenvalue weighted by Gasteiger charge is 2.23. The third kappa shape index (κ3) is 4.17. The van der Waals surface area contributed by atoms with Crippen LogP contribution in [0.1, 0.15) is 35.0 Å². The molecule has 1 aliphatic rings. The van der Waals surface area contributed by atoms with E-state index in [2.05, 4.69) is 20.2 Å². The van der Waals surface area contributed by atoms with Crippen molar-refractivity contribution in [2.45, 2.75) is 32.2 Å². The van der Waals surface area contributed by atoms with Crippen LogP contribution in [-0.4, -0.2) is 40.8 Å². The first-order valence-corrected chi connectivity index (χ1v) is 8.89. The maximum Gasteiger partial charge on any atom is 0.225 e. The molecule has 126 valence electrons. The van der Waals surface area contributed by atoms with E-state index in [0.29, 0.717) is 17.2 Å². The number of anilines is 1. The number of hydrogen-bond donors (Lipinski definition) is 1. The molecule has 3 heterocycles. The molecule has 1 N–H and O–H groups in total. The zero-order valence-corrected chi connectivity index (χ0v) is 14.4. The zero-order valence-electron chi connectivity index (χ0n) is 13.6. The molecule has 7 heteroatoms. The number of nitrogens with one attached hydrogen (secondary N) is 1. The summed E-state index contributed by atoms with van der Waals surface area (Å²) < 4.78 is 0. The van der Waals surface area contributed by atoms with Gasteiger partial charge in [0.1, 0.15) is 0 Å². The van der Waals surface area contributed by atoms with Crippen molar-refractivity contribution in [1.82, 2.24) is 15.3 Å². The van der Waals surface area contributed by atoms with Crippen LogP contribution < -0.4 is 10.2 Å². The Morgan fingerprint density at radius 3 is 2.88 bits per heavy atom. The fourth-order valence-electron chi connectivity index (χ4n) is 2.85. The van der Waals surface area contributed by atoms with Crippen molar-refractivity contribution in [1.29, 1.82) is 0 Å². The maximum atomic E-state index is 12.3. The van der Waals surface area contributed by atoms with Crippen LogP contribution in [0.15, 0.2) is 29.9 Å². The standard InChI is InChI=1S/C17H20N4O2S/c1-12(22)15-8-13(11-24-15)9-16(23)20-14-4-2-7-21(10-14)17-18-5-3-6-19-17/h3,5-6,8,11,14H,2,4,7,9-10H2,1H3,(H,20,23). The lowest BCUT2D eigenvalue weighted by molar-refractivity contribution is -0.121. The SMILES string of the molecule is CC(=O)c1cc(CC(=O)NC2CCCN(c3ncccn3)C2)cs1. The summed E-state index contributed by atoms with van der Waals surface area (Å²) in [4.78, 5) is 34.9. The molecule has 3 rings (SSSR count). The quantitative estimate of drug-likeness (QED) is 0.841. The molecule has 1 atom stereocenters. The number of piperidine rings is 1. The van der Waals surface area contributed by atoms with Crippen LogP contribution in [0.5, 0.6) is 0 Å². The van der Waals surface area contributed by atoms with Gasteiger partial charge in [-0.05, 0) is 42.8 Å². The first-order chi connectivity index (χ1) is 11.6. The van der Waals surface area contributed by atoms with Gasteiger partial charge in [0.05, 0.1) is 11.3 Å². The average Bonchev–Trinajstić information content (AvgIpc) is 3.04. The minimum atomic E-state index is -0.0104. The van der Waals surface area contributed by atoms with Gasteiger partial charge in [0, 0.05) is 31.5 Å². The molecule has 0 radical (unpaired) electrons. The minimum Gasteiger partial charge on any atom is -0.351 e. The summed E-state index contributed by atoms with van der Waals surface area (Å²) in [5.41, 5.74) is 0.891. The summed E-state index contributed by atoms with van der Waals surface area (Å²) in [5.74, 6) is 0.738. The number of carbonyl (C=O) groups excluding carboxylic acids is 2. The molecule has 1 amide bonds. The Morgan fingerprint density at radius 1 is 1.38 bits per heavy atom. The van der Waals surface area contributed by atoms with Crippen molar-refractivity contribution >= 4 is 29.0 Å². The molecule has 2 aromatic rings. The van der Waals surface area contributed by atoms with E-state index in [1.54, 1.807) is 24.5 Å². The molecule has 1 aliphatic heterocycles. The topological polar surface area (TPSA) is 75.2 Å². The molecule has 24 heavy (non-hydrogen) atoms. The first-order valence-electron chi connectivity index (χ1n) is 8.01. The molecule has 0 aromatic carbocycles. The molecule has 0 bridgehead atoms. The second-order valence-corrected chi connectivity index (χ2v) is 6.86. The maximum absolute atomic E-state index is 12.3. The highest BCUT2D eigenvalue weighted by Crippen LogP contribution is 2.17. The molecule has 6 nitrogen and oxygen atoms in total. The number of aromatic nitrogens is 2. The monoisotopic (exact) mass is 344 g/mol. The number of hydrogen-bond acceptors (Lipinski definition) is 6. The van der Waals surface area contributed by atoms with E-state index in [1.807, 2.05) is 5.38 Å². The van der Waals surface area contributed by atoms with Crippen molar-refractivity contribution < 1.29 is 9.59 Å². The smallest absolute Gasteiger partial charge is 0.225 e. The van der Waals surface area contributed by atoms with Crippen LogP contribution in [0.3, 0.4) is 0 Å². The van der Waals surface area contributed by atoms with Gasteiger partial charge in [-0.2, -0.15) is 0 Å². The highest BCUT2D eigenvalue weighted by atomic mass is 32.1. The lowest BCUT2D eigenvalue weighted by atomic mass is 10.1. The van der Waals surface area contributed by atoms with Gasteiger partial charge in [-0.15, -0.1) is 11.3 Å². The molecule has 1 unspecified atom stereocenters. The Labute approximate surface area is 144 Å². The van der Waals surface area contributed by atoms with Gasteiger partial charge >= 0.3 is 0 Å². The molecule has 1 saturated heterocycles. The van der Waals surface area contributed by atoms with Crippen molar-refractivity contribution in [2.75, 3.05) is 18.0 Å². The number of nitrogens with zero attached hydrogens (tertiary/aromatic N) is 3. The fourth-order valence-corrected chi connectivity index (χ4v) is 3.66. The van der Waals surface area contributed by atoms with E-state index in [4.69, 9.17) is 0 Å². The van der Waals surface area contributed by atoms with Gasteiger partial charge < -0.3 is 10.2 Å². The molecule has 0 spiro atoms. The van der Waals surface area contributed by atoms with Crippen LogP contribution in [0.25, 0.3) is 0 Å². The molecule has 2 aromatic heterocycles. The van der Waals surface area contributed by atoms with Gasteiger partial charge in [0.2, 0.25) is 11.9 Å². The fraction of sp³-hybridized carbons (Fsp3) is 0.412. The molecule has 1 fully saturated rings. The van der Waals surface area contributed by atoms with Crippen LogP contribution in [0.4, 0.5) is 5.95 Å². The van der Waals surface area contributed by atoms with E-state index in [0.717, 1.165) is 31.5 Å². The predicted octanol–water partition coefficient (Wildman–Crippen LogP) is 2.07. The summed E-state index contributed by atoms with van der Waals surface area (Å²) in [6, 6.07) is 3.70. The Morgan fingerprint density at radius 2 is 2.17 bits per heavy atom. The number of thiophene rings is 1. The third-order valence-corrected chi connectivity index (χ3v) is 5.07. The van der Waals surface area contributed by atoms with E-state index >= 15 is 0 Å². The lowest BCUT2D eigenvalue weighted by Crippen LogP contribution is -2.48. The van der Waals surface area contributed by atoms with Gasteiger partial charge in [0.15, 0.2) is 5.78 Å². The molecule has 0 saturated carbocycles. The van der Waals surface area contributed by atoms with Crippen molar-refractivity contribution in [2.24, 2.45) is 0 Å². The number of rotatable bonds is 5. The largest absolute Gasteiger partial charge is 0.351 e. The molecule has 0 aliphatic carbocycles. The average molecular weight is 344 g/mol. The summed E-state index contributed by atoms with van der Waals surface area (Å²) in [6.45, 7) is 3.17. The van der Waals surface area contributed by atoms with Gasteiger partial charge in [-0.25, -0.2) is 9.97 Å². The van der Waals surface area contributed by atoms with E-state index in [-0.39, 0.29) is 17.7 Å². The first kappa shape index (κ1) is 16.6. The van der Waals surface area contributed by atoms with E-state index < -0.39 is 0 Å². The van der Waals surface area contributed by atoms with Crippen molar-refractivity contribution in [3.05, 3.63) is 40.3 Å². The zero-order chi connectivity index (χ0) is 16.9. The minimum absolute atomic E-state index is 0.0104. The number of amides is 1. The van der Waals surface area contributed by atoms with Gasteiger partial charge in [-0.1, -0.05) is 0 Å². The van der Waals surface area contributed by atoms with Crippen LogP contribution in [-0.2, 0) is 11.2 Å². The summed E-state index contributed by atoms with van der Waals surface area (Å²) >= 11 is 1.39. The second-order valence-electron chi connectivity index (χ2n) is 5.95. The Hall–Kier alpha value is -2.28. The predicted molar refractivity (Wildman–Crippen MR) is 93.4 cm³/mol. The highest BCUT2D eigenvalue weighted by molar-refractivity contribution is 7.12. The van der Waals surface area contributed by atoms with Crippen molar-refractivity contribution in [3.63, 3.8) is 0 Å². The Balaban J connectivity index is 1.55. The van der Waals surface area contributed by atoms with Gasteiger partial charge in [-0.3, -0.25) is 9.59 Å². The van der Waals surface area contributed by atoms with Crippen LogP contribution >= 0.6 is 11.3 Å².